The van der Waals surface area contributed by atoms with Crippen LogP contribution in [0.15, 0.2) is 12.1 Å². The fourth-order valence-electron chi connectivity index (χ4n) is 4.74. The van der Waals surface area contributed by atoms with Crippen LogP contribution >= 0.6 is 0 Å². The Morgan fingerprint density at radius 2 is 2.00 bits per heavy atom. The Bertz CT molecular complexity index is 561. The van der Waals surface area contributed by atoms with Crippen LogP contribution in [0.4, 0.5) is 0 Å². The summed E-state index contributed by atoms with van der Waals surface area (Å²) in [7, 11) is 0. The quantitative estimate of drug-likeness (QED) is 0.710. The van der Waals surface area contributed by atoms with Crippen molar-refractivity contribution in [3.8, 4) is 11.5 Å². The molecule has 128 valence electrons. The third-order valence-electron chi connectivity index (χ3n) is 6.00. The highest BCUT2D eigenvalue weighted by atomic mass is 16.5. The van der Waals surface area contributed by atoms with Crippen molar-refractivity contribution < 1.29 is 9.84 Å². The second-order valence-electron chi connectivity index (χ2n) is 8.32. The lowest BCUT2D eigenvalue weighted by Crippen LogP contribution is -2.46. The van der Waals surface area contributed by atoms with E-state index in [0.717, 1.165) is 23.7 Å². The molecule has 1 fully saturated rings. The Morgan fingerprint density at radius 3 is 2.74 bits per heavy atom. The highest BCUT2D eigenvalue weighted by molar-refractivity contribution is 5.52. The van der Waals surface area contributed by atoms with E-state index in [1.54, 1.807) is 0 Å². The fourth-order valence-corrected chi connectivity index (χ4v) is 4.74. The first-order valence-electron chi connectivity index (χ1n) is 9.47. The molecule has 0 aromatic heterocycles. The molecule has 2 aliphatic rings. The largest absolute Gasteiger partial charge is 0.508 e. The van der Waals surface area contributed by atoms with Crippen LogP contribution in [0.2, 0.25) is 0 Å². The topological polar surface area (TPSA) is 29.5 Å². The van der Waals surface area contributed by atoms with E-state index < -0.39 is 0 Å². The van der Waals surface area contributed by atoms with Gasteiger partial charge in [-0.25, -0.2) is 0 Å². The van der Waals surface area contributed by atoms with E-state index in [0.29, 0.717) is 17.6 Å². The molecule has 0 amide bonds. The first-order chi connectivity index (χ1) is 10.9. The number of ether oxygens (including phenoxy) is 1. The van der Waals surface area contributed by atoms with Crippen molar-refractivity contribution >= 4 is 0 Å². The summed E-state index contributed by atoms with van der Waals surface area (Å²) in [6, 6.07) is 4.19. The first kappa shape index (κ1) is 16.7. The smallest absolute Gasteiger partial charge is 0.127 e. The molecular formula is C21H32O2. The van der Waals surface area contributed by atoms with Crippen LogP contribution in [0.1, 0.15) is 83.3 Å². The average Bonchev–Trinajstić information content (AvgIpc) is 2.46. The number of aryl methyl sites for hydroxylation is 1. The molecule has 1 aliphatic carbocycles. The van der Waals surface area contributed by atoms with E-state index in [4.69, 9.17) is 4.74 Å². The molecule has 1 unspecified atom stereocenters. The minimum atomic E-state index is -0.133. The molecule has 1 aromatic rings. The summed E-state index contributed by atoms with van der Waals surface area (Å²) in [5.74, 6) is 3.11. The lowest BCUT2D eigenvalue weighted by molar-refractivity contribution is -0.0145. The van der Waals surface area contributed by atoms with E-state index in [1.165, 1.54) is 44.1 Å². The molecule has 0 bridgehead atoms. The Labute approximate surface area is 141 Å². The summed E-state index contributed by atoms with van der Waals surface area (Å²) < 4.78 is 6.39. The van der Waals surface area contributed by atoms with E-state index >= 15 is 0 Å². The molecule has 23 heavy (non-hydrogen) atoms. The van der Waals surface area contributed by atoms with Crippen LogP contribution in [0, 0.1) is 11.8 Å². The summed E-state index contributed by atoms with van der Waals surface area (Å²) in [6.07, 6.45) is 8.33. The van der Waals surface area contributed by atoms with Crippen molar-refractivity contribution in [1.29, 1.82) is 0 Å². The molecular weight excluding hydrogens is 284 g/mol. The highest BCUT2D eigenvalue weighted by Gasteiger charge is 2.47. The van der Waals surface area contributed by atoms with Crippen molar-refractivity contribution in [2.75, 3.05) is 0 Å². The van der Waals surface area contributed by atoms with Crippen LogP contribution in [0.25, 0.3) is 0 Å². The first-order valence-corrected chi connectivity index (χ1v) is 9.47. The molecule has 1 aliphatic heterocycles. The van der Waals surface area contributed by atoms with Gasteiger partial charge in [-0.2, -0.15) is 0 Å². The molecule has 1 heterocycles. The second-order valence-corrected chi connectivity index (χ2v) is 8.32. The summed E-state index contributed by atoms with van der Waals surface area (Å²) in [4.78, 5) is 0. The van der Waals surface area contributed by atoms with Gasteiger partial charge in [-0.3, -0.25) is 0 Å². The van der Waals surface area contributed by atoms with Crippen LogP contribution in [0.3, 0.4) is 0 Å². The predicted octanol–water partition coefficient (Wildman–Crippen LogP) is 5.82. The van der Waals surface area contributed by atoms with Crippen LogP contribution in [-0.2, 0) is 6.42 Å². The summed E-state index contributed by atoms with van der Waals surface area (Å²) in [5, 5.41) is 10.7. The zero-order valence-corrected chi connectivity index (χ0v) is 15.2. The van der Waals surface area contributed by atoms with Gasteiger partial charge in [0.1, 0.15) is 17.1 Å². The van der Waals surface area contributed by atoms with Crippen molar-refractivity contribution in [2.24, 2.45) is 11.8 Å². The van der Waals surface area contributed by atoms with Crippen molar-refractivity contribution in [3.05, 3.63) is 23.3 Å². The van der Waals surface area contributed by atoms with E-state index in [9.17, 15) is 5.11 Å². The SMILES string of the molecule is CCCCCc1cc(O)c2c(c1)OC(C)(C)[C@H]1CCC(C)C[C@@H]21. The summed E-state index contributed by atoms with van der Waals surface area (Å²) in [5.41, 5.74) is 2.17. The van der Waals surface area contributed by atoms with Gasteiger partial charge in [0, 0.05) is 11.5 Å². The maximum Gasteiger partial charge on any atom is 0.127 e. The summed E-state index contributed by atoms with van der Waals surface area (Å²) >= 11 is 0. The molecule has 2 nitrogen and oxygen atoms in total. The van der Waals surface area contributed by atoms with Crippen LogP contribution < -0.4 is 4.74 Å². The second kappa shape index (κ2) is 6.37. The molecule has 0 radical (unpaired) electrons. The highest BCUT2D eigenvalue weighted by Crippen LogP contribution is 2.55. The van der Waals surface area contributed by atoms with Crippen molar-refractivity contribution in [2.45, 2.75) is 84.2 Å². The van der Waals surface area contributed by atoms with Crippen molar-refractivity contribution in [3.63, 3.8) is 0 Å². The van der Waals surface area contributed by atoms with Gasteiger partial charge in [0.2, 0.25) is 0 Å². The number of unbranched alkanes of at least 4 members (excludes halogenated alkanes) is 2. The van der Waals surface area contributed by atoms with Gasteiger partial charge < -0.3 is 9.84 Å². The molecule has 3 rings (SSSR count). The van der Waals surface area contributed by atoms with Crippen molar-refractivity contribution in [1.82, 2.24) is 0 Å². The molecule has 3 atom stereocenters. The van der Waals surface area contributed by atoms with Gasteiger partial charge in [0.15, 0.2) is 0 Å². The Kier molecular flexibility index (Phi) is 4.62. The molecule has 2 heteroatoms. The molecule has 1 N–H and O–H groups in total. The van der Waals surface area contributed by atoms with Gasteiger partial charge in [0.25, 0.3) is 0 Å². The molecule has 0 spiro atoms. The number of fused-ring (bicyclic) bond motifs is 3. The van der Waals surface area contributed by atoms with Crippen LogP contribution in [-0.4, -0.2) is 10.7 Å². The van der Waals surface area contributed by atoms with E-state index in [2.05, 4.69) is 33.8 Å². The third-order valence-corrected chi connectivity index (χ3v) is 6.00. The normalized spacial score (nSPS) is 28.6. The summed E-state index contributed by atoms with van der Waals surface area (Å²) in [6.45, 7) is 9.02. The number of phenols is 1. The molecule has 1 saturated carbocycles. The van der Waals surface area contributed by atoms with E-state index in [1.807, 2.05) is 6.07 Å². The van der Waals surface area contributed by atoms with Gasteiger partial charge >= 0.3 is 0 Å². The molecule has 0 saturated heterocycles. The third kappa shape index (κ3) is 3.22. The predicted molar refractivity (Wildman–Crippen MR) is 95.3 cm³/mol. The Balaban J connectivity index is 1.94. The van der Waals surface area contributed by atoms with Gasteiger partial charge in [0.05, 0.1) is 0 Å². The van der Waals surface area contributed by atoms with Crippen LogP contribution in [0.5, 0.6) is 11.5 Å². The average molecular weight is 316 g/mol. The lowest BCUT2D eigenvalue weighted by atomic mass is 9.64. The Morgan fingerprint density at radius 1 is 1.22 bits per heavy atom. The minimum Gasteiger partial charge on any atom is -0.508 e. The van der Waals surface area contributed by atoms with E-state index in [-0.39, 0.29) is 5.60 Å². The van der Waals surface area contributed by atoms with Gasteiger partial charge in [-0.1, -0.05) is 33.1 Å². The minimum absolute atomic E-state index is 0.133. The van der Waals surface area contributed by atoms with Gasteiger partial charge in [-0.15, -0.1) is 0 Å². The Hall–Kier alpha value is -1.18. The monoisotopic (exact) mass is 316 g/mol. The number of rotatable bonds is 4. The fraction of sp³-hybridized carbons (Fsp3) is 0.714. The van der Waals surface area contributed by atoms with Gasteiger partial charge in [-0.05, 0) is 69.1 Å². The maximum atomic E-state index is 10.7. The zero-order chi connectivity index (χ0) is 16.6. The number of phenolic OH excluding ortho intramolecular Hbond substituents is 1. The maximum absolute atomic E-state index is 10.7. The lowest BCUT2D eigenvalue weighted by Gasteiger charge is -2.48. The number of benzene rings is 1. The number of hydrogen-bond donors (Lipinski definition) is 1. The number of aromatic hydroxyl groups is 1. The number of hydrogen-bond acceptors (Lipinski definition) is 2. The molecule has 1 aromatic carbocycles. The standard InChI is InChI=1S/C21H32O2/c1-5-6-7-8-15-12-18(22)20-16-11-14(2)9-10-17(16)21(3,4)23-19(20)13-15/h12-14,16-17,22H,5-11H2,1-4H3/t14?,16-,17+/m1/s1. The zero-order valence-electron chi connectivity index (χ0n) is 15.2.